The van der Waals surface area contributed by atoms with E-state index in [1.165, 1.54) is 0 Å². The molecule has 31 heavy (non-hydrogen) atoms. The molecule has 2 aliphatic rings. The molecule has 0 radical (unpaired) electrons. The number of fused-ring (bicyclic) bond motifs is 2. The summed E-state index contributed by atoms with van der Waals surface area (Å²) in [4.78, 5) is 35.3. The lowest BCUT2D eigenvalue weighted by molar-refractivity contribution is 0.0517. The SMILES string of the molecule is CC(C)n1nc(C#N)c2c1C(=O)CC1(CCN(C(=O)c3ccc4[nH]cnc4c3)CC1)C2. The molecule has 1 aliphatic heterocycles. The largest absolute Gasteiger partial charge is 0.345 e. The number of amides is 1. The first-order chi connectivity index (χ1) is 14.9. The van der Waals surface area contributed by atoms with E-state index in [2.05, 4.69) is 21.1 Å². The third kappa shape index (κ3) is 3.12. The predicted molar refractivity (Wildman–Crippen MR) is 114 cm³/mol. The normalized spacial score (nSPS) is 17.9. The summed E-state index contributed by atoms with van der Waals surface area (Å²) in [7, 11) is 0. The molecule has 1 spiro atoms. The van der Waals surface area contributed by atoms with Gasteiger partial charge in [-0.3, -0.25) is 14.3 Å². The van der Waals surface area contributed by atoms with Gasteiger partial charge in [0.25, 0.3) is 5.91 Å². The number of carbonyl (C=O) groups is 2. The molecule has 5 rings (SSSR count). The number of benzene rings is 1. The number of aromatic amines is 1. The highest BCUT2D eigenvalue weighted by molar-refractivity contribution is 5.99. The van der Waals surface area contributed by atoms with Gasteiger partial charge in [-0.25, -0.2) is 4.98 Å². The molecule has 3 aromatic rings. The van der Waals surface area contributed by atoms with Crippen LogP contribution in [0.2, 0.25) is 0 Å². The maximum Gasteiger partial charge on any atom is 0.253 e. The zero-order valence-corrected chi connectivity index (χ0v) is 17.7. The number of likely N-dealkylation sites (tertiary alicyclic amines) is 1. The predicted octanol–water partition coefficient (Wildman–Crippen LogP) is 3.26. The standard InChI is InChI=1S/C23H24N6O2/c1-14(2)29-21-16(19(12-24)27-29)10-23(11-20(21)30)5-7-28(8-6-23)22(31)15-3-4-17-18(9-15)26-13-25-17/h3-4,9,13-14H,5-8,10-11H2,1-2H3,(H,25,26). The third-order valence-corrected chi connectivity index (χ3v) is 6.73. The fraction of sp³-hybridized carbons (Fsp3) is 0.435. The number of hydrogen-bond acceptors (Lipinski definition) is 5. The van der Waals surface area contributed by atoms with E-state index in [0.717, 1.165) is 29.4 Å². The maximum atomic E-state index is 13.1. The van der Waals surface area contributed by atoms with E-state index in [1.54, 1.807) is 11.0 Å². The van der Waals surface area contributed by atoms with Crippen LogP contribution in [0.25, 0.3) is 11.0 Å². The molecule has 1 aromatic carbocycles. The van der Waals surface area contributed by atoms with Crippen molar-refractivity contribution >= 4 is 22.7 Å². The Balaban J connectivity index is 1.36. The summed E-state index contributed by atoms with van der Waals surface area (Å²) in [5.74, 6) is 0.0561. The van der Waals surface area contributed by atoms with Gasteiger partial charge in [-0.05, 0) is 56.7 Å². The molecule has 0 atom stereocenters. The Morgan fingerprint density at radius 1 is 1.26 bits per heavy atom. The van der Waals surface area contributed by atoms with E-state index in [1.807, 2.05) is 36.9 Å². The average molecular weight is 416 g/mol. The Kier molecular flexibility index (Phi) is 4.43. The minimum atomic E-state index is -0.205. The second-order valence-corrected chi connectivity index (χ2v) is 9.03. The summed E-state index contributed by atoms with van der Waals surface area (Å²) in [5, 5.41) is 14.0. The maximum absolute atomic E-state index is 13.1. The van der Waals surface area contributed by atoms with Gasteiger partial charge in [-0.15, -0.1) is 0 Å². The second kappa shape index (κ2) is 7.05. The number of rotatable bonds is 2. The summed E-state index contributed by atoms with van der Waals surface area (Å²) >= 11 is 0. The molecular weight excluding hydrogens is 392 g/mol. The van der Waals surface area contributed by atoms with Crippen LogP contribution in [0.5, 0.6) is 0 Å². The molecule has 1 saturated heterocycles. The van der Waals surface area contributed by atoms with Crippen molar-refractivity contribution in [2.24, 2.45) is 5.41 Å². The number of hydrogen-bond donors (Lipinski definition) is 1. The number of nitriles is 1. The number of piperidine rings is 1. The number of aromatic nitrogens is 4. The molecule has 0 unspecified atom stereocenters. The lowest BCUT2D eigenvalue weighted by Gasteiger charge is -2.43. The quantitative estimate of drug-likeness (QED) is 0.690. The first-order valence-corrected chi connectivity index (χ1v) is 10.7. The average Bonchev–Trinajstić information content (AvgIpc) is 3.37. The van der Waals surface area contributed by atoms with E-state index >= 15 is 0 Å². The molecule has 0 bridgehead atoms. The van der Waals surface area contributed by atoms with Gasteiger partial charge >= 0.3 is 0 Å². The topological polar surface area (TPSA) is 108 Å². The number of ketones is 1. The van der Waals surface area contributed by atoms with Crippen LogP contribution in [-0.2, 0) is 6.42 Å². The van der Waals surface area contributed by atoms with Crippen LogP contribution in [0.3, 0.4) is 0 Å². The first-order valence-electron chi connectivity index (χ1n) is 10.7. The molecule has 1 aliphatic carbocycles. The fourth-order valence-corrected chi connectivity index (χ4v) is 5.04. The monoisotopic (exact) mass is 416 g/mol. The van der Waals surface area contributed by atoms with Crippen LogP contribution >= 0.6 is 0 Å². The van der Waals surface area contributed by atoms with Crippen molar-refractivity contribution < 1.29 is 9.59 Å². The molecule has 2 aromatic heterocycles. The van der Waals surface area contributed by atoms with Gasteiger partial charge in [0.05, 0.1) is 17.4 Å². The molecule has 1 amide bonds. The number of Topliss-reactive ketones (excluding diaryl/α,β-unsaturated/α-hetero) is 1. The van der Waals surface area contributed by atoms with Gasteiger partial charge in [0.15, 0.2) is 11.5 Å². The Hall–Kier alpha value is -3.47. The number of nitrogens with zero attached hydrogens (tertiary/aromatic N) is 5. The van der Waals surface area contributed by atoms with Crippen molar-refractivity contribution in [1.82, 2.24) is 24.6 Å². The van der Waals surface area contributed by atoms with E-state index < -0.39 is 0 Å². The summed E-state index contributed by atoms with van der Waals surface area (Å²) in [5.41, 5.74) is 3.85. The minimum Gasteiger partial charge on any atom is -0.345 e. The first kappa shape index (κ1) is 19.5. The second-order valence-electron chi connectivity index (χ2n) is 9.03. The van der Waals surface area contributed by atoms with Gasteiger partial charge in [-0.1, -0.05) is 0 Å². The van der Waals surface area contributed by atoms with Gasteiger partial charge in [0.1, 0.15) is 11.8 Å². The Labute approximate surface area is 179 Å². The summed E-state index contributed by atoms with van der Waals surface area (Å²) in [6.45, 7) is 5.13. The van der Waals surface area contributed by atoms with Gasteiger partial charge < -0.3 is 9.88 Å². The van der Waals surface area contributed by atoms with Crippen molar-refractivity contribution in [1.29, 1.82) is 5.26 Å². The lowest BCUT2D eigenvalue weighted by Crippen LogP contribution is -2.46. The van der Waals surface area contributed by atoms with Crippen molar-refractivity contribution in [3.05, 3.63) is 47.0 Å². The Morgan fingerprint density at radius 3 is 2.74 bits per heavy atom. The molecule has 8 nitrogen and oxygen atoms in total. The zero-order chi connectivity index (χ0) is 21.8. The van der Waals surface area contributed by atoms with E-state index in [0.29, 0.717) is 42.9 Å². The molecule has 158 valence electrons. The van der Waals surface area contributed by atoms with Gasteiger partial charge in [0.2, 0.25) is 0 Å². The zero-order valence-electron chi connectivity index (χ0n) is 17.7. The van der Waals surface area contributed by atoms with Crippen LogP contribution in [0.4, 0.5) is 0 Å². The number of carbonyl (C=O) groups excluding carboxylic acids is 2. The van der Waals surface area contributed by atoms with E-state index in [4.69, 9.17) is 0 Å². The summed E-state index contributed by atoms with van der Waals surface area (Å²) < 4.78 is 1.70. The van der Waals surface area contributed by atoms with Crippen LogP contribution in [-0.4, -0.2) is 49.4 Å². The van der Waals surface area contributed by atoms with Gasteiger partial charge in [-0.2, -0.15) is 10.4 Å². The highest BCUT2D eigenvalue weighted by Crippen LogP contribution is 2.45. The highest BCUT2D eigenvalue weighted by Gasteiger charge is 2.44. The highest BCUT2D eigenvalue weighted by atomic mass is 16.2. The van der Waals surface area contributed by atoms with Crippen molar-refractivity contribution in [2.45, 2.75) is 45.6 Å². The van der Waals surface area contributed by atoms with Crippen molar-refractivity contribution in [3.63, 3.8) is 0 Å². The number of imidazole rings is 1. The number of H-pyrrole nitrogens is 1. The van der Waals surface area contributed by atoms with Crippen molar-refractivity contribution in [3.8, 4) is 6.07 Å². The van der Waals surface area contributed by atoms with Crippen LogP contribution in [0, 0.1) is 16.7 Å². The molecule has 8 heteroatoms. The Bertz CT molecular complexity index is 1240. The van der Waals surface area contributed by atoms with E-state index in [9.17, 15) is 14.9 Å². The van der Waals surface area contributed by atoms with E-state index in [-0.39, 0.29) is 23.1 Å². The molecule has 1 fully saturated rings. The molecular formula is C23H24N6O2. The summed E-state index contributed by atoms with van der Waals surface area (Å²) in [6.07, 6.45) is 4.23. The number of nitrogens with one attached hydrogen (secondary N) is 1. The van der Waals surface area contributed by atoms with Crippen molar-refractivity contribution in [2.75, 3.05) is 13.1 Å². The van der Waals surface area contributed by atoms with Gasteiger partial charge in [0, 0.05) is 36.7 Å². The smallest absolute Gasteiger partial charge is 0.253 e. The molecule has 1 N–H and O–H groups in total. The fourth-order valence-electron chi connectivity index (χ4n) is 5.04. The van der Waals surface area contributed by atoms with Crippen LogP contribution in [0.15, 0.2) is 24.5 Å². The summed E-state index contributed by atoms with van der Waals surface area (Å²) in [6, 6.07) is 7.71. The third-order valence-electron chi connectivity index (χ3n) is 6.73. The minimum absolute atomic E-state index is 0.00656. The Morgan fingerprint density at radius 2 is 2.03 bits per heavy atom. The van der Waals surface area contributed by atoms with Crippen LogP contribution in [0.1, 0.15) is 71.3 Å². The molecule has 0 saturated carbocycles. The lowest BCUT2D eigenvalue weighted by atomic mass is 9.66. The van der Waals surface area contributed by atoms with Crippen LogP contribution < -0.4 is 0 Å². The molecule has 3 heterocycles.